The second kappa shape index (κ2) is 7.34. The Hall–Kier alpha value is -1.01. The van der Waals surface area contributed by atoms with Crippen molar-refractivity contribution in [2.75, 3.05) is 19.6 Å². The standard InChI is InChI=1S/C14H25NO2/c1-7-15(8-2)11-9-10-14(6,12(3)4)17-13(5)16/h12H,7-8,11H2,1-6H3/t14-/m1/s1. The zero-order chi connectivity index (χ0) is 13.5. The van der Waals surface area contributed by atoms with Crippen molar-refractivity contribution in [1.29, 1.82) is 0 Å². The van der Waals surface area contributed by atoms with Crippen LogP contribution in [-0.4, -0.2) is 36.1 Å². The Balaban J connectivity index is 4.65. The fourth-order valence-corrected chi connectivity index (χ4v) is 1.36. The fourth-order valence-electron chi connectivity index (χ4n) is 1.36. The highest BCUT2D eigenvalue weighted by atomic mass is 16.6. The van der Waals surface area contributed by atoms with Gasteiger partial charge in [0.1, 0.15) is 0 Å². The molecule has 0 aliphatic heterocycles. The Bertz CT molecular complexity index is 297. The normalized spacial score (nSPS) is 14.1. The van der Waals surface area contributed by atoms with E-state index in [1.165, 1.54) is 6.92 Å². The van der Waals surface area contributed by atoms with Crippen LogP contribution in [0.1, 0.15) is 41.5 Å². The van der Waals surface area contributed by atoms with Crippen molar-refractivity contribution < 1.29 is 9.53 Å². The first-order chi connectivity index (χ1) is 7.85. The van der Waals surface area contributed by atoms with Crippen molar-refractivity contribution in [3.63, 3.8) is 0 Å². The molecule has 0 aromatic carbocycles. The van der Waals surface area contributed by atoms with E-state index in [4.69, 9.17) is 4.74 Å². The number of hydrogen-bond donors (Lipinski definition) is 0. The lowest BCUT2D eigenvalue weighted by atomic mass is 9.93. The smallest absolute Gasteiger partial charge is 0.304 e. The summed E-state index contributed by atoms with van der Waals surface area (Å²) in [5.41, 5.74) is -0.682. The summed E-state index contributed by atoms with van der Waals surface area (Å²) in [6, 6.07) is 0. The summed E-state index contributed by atoms with van der Waals surface area (Å²) in [6.45, 7) is 14.2. The van der Waals surface area contributed by atoms with Gasteiger partial charge in [-0.05, 0) is 20.0 Å². The number of rotatable bonds is 5. The Labute approximate surface area is 106 Å². The van der Waals surface area contributed by atoms with Gasteiger partial charge in [-0.1, -0.05) is 39.5 Å². The molecule has 0 aliphatic rings. The molecular weight excluding hydrogens is 214 g/mol. The van der Waals surface area contributed by atoms with Gasteiger partial charge in [-0.15, -0.1) is 0 Å². The molecule has 0 saturated carbocycles. The molecule has 0 heterocycles. The van der Waals surface area contributed by atoms with Gasteiger partial charge >= 0.3 is 5.97 Å². The Morgan fingerprint density at radius 2 is 1.88 bits per heavy atom. The highest BCUT2D eigenvalue weighted by Crippen LogP contribution is 2.20. The average molecular weight is 239 g/mol. The zero-order valence-electron chi connectivity index (χ0n) is 12.0. The van der Waals surface area contributed by atoms with E-state index in [9.17, 15) is 4.79 Å². The highest BCUT2D eigenvalue weighted by Gasteiger charge is 2.29. The maximum absolute atomic E-state index is 11.1. The minimum Gasteiger partial charge on any atom is -0.446 e. The van der Waals surface area contributed by atoms with E-state index in [1.807, 2.05) is 20.8 Å². The van der Waals surface area contributed by atoms with Gasteiger partial charge < -0.3 is 4.74 Å². The summed E-state index contributed by atoms with van der Waals surface area (Å²) in [5, 5.41) is 0. The number of hydrogen-bond acceptors (Lipinski definition) is 3. The van der Waals surface area contributed by atoms with E-state index in [-0.39, 0.29) is 11.9 Å². The van der Waals surface area contributed by atoms with Gasteiger partial charge in [0, 0.05) is 12.8 Å². The molecule has 3 nitrogen and oxygen atoms in total. The van der Waals surface area contributed by atoms with Crippen LogP contribution in [0.25, 0.3) is 0 Å². The van der Waals surface area contributed by atoms with E-state index >= 15 is 0 Å². The summed E-state index contributed by atoms with van der Waals surface area (Å²) in [7, 11) is 0. The third-order valence-corrected chi connectivity index (χ3v) is 2.99. The molecule has 0 saturated heterocycles. The van der Waals surface area contributed by atoms with E-state index in [1.54, 1.807) is 0 Å². The predicted octanol–water partition coefficient (Wildman–Crippen LogP) is 2.31. The van der Waals surface area contributed by atoms with Crippen LogP contribution in [0, 0.1) is 17.8 Å². The minimum absolute atomic E-state index is 0.176. The molecule has 17 heavy (non-hydrogen) atoms. The summed E-state index contributed by atoms with van der Waals surface area (Å²) in [4.78, 5) is 13.3. The Morgan fingerprint density at radius 1 is 1.35 bits per heavy atom. The molecule has 0 spiro atoms. The molecule has 1 atom stereocenters. The molecule has 0 rings (SSSR count). The molecular formula is C14H25NO2. The molecule has 0 radical (unpaired) electrons. The van der Waals surface area contributed by atoms with Crippen molar-refractivity contribution in [1.82, 2.24) is 4.90 Å². The molecule has 0 aliphatic carbocycles. The average Bonchev–Trinajstić information content (AvgIpc) is 2.23. The van der Waals surface area contributed by atoms with Crippen molar-refractivity contribution in [3.8, 4) is 11.8 Å². The summed E-state index contributed by atoms with van der Waals surface area (Å²) >= 11 is 0. The third-order valence-electron chi connectivity index (χ3n) is 2.99. The summed E-state index contributed by atoms with van der Waals surface area (Å²) in [6.07, 6.45) is 0. The molecule has 0 bridgehead atoms. The lowest BCUT2D eigenvalue weighted by Gasteiger charge is -2.27. The lowest BCUT2D eigenvalue weighted by molar-refractivity contribution is -0.153. The third kappa shape index (κ3) is 5.74. The second-order valence-electron chi connectivity index (χ2n) is 4.62. The van der Waals surface area contributed by atoms with Crippen LogP contribution in [0.2, 0.25) is 0 Å². The van der Waals surface area contributed by atoms with Gasteiger partial charge in [0.2, 0.25) is 0 Å². The van der Waals surface area contributed by atoms with E-state index in [0.717, 1.165) is 19.6 Å². The van der Waals surface area contributed by atoms with Crippen LogP contribution in [0.4, 0.5) is 0 Å². The predicted molar refractivity (Wildman–Crippen MR) is 70.6 cm³/mol. The monoisotopic (exact) mass is 239 g/mol. The number of nitrogens with zero attached hydrogens (tertiary/aromatic N) is 1. The fraction of sp³-hybridized carbons (Fsp3) is 0.786. The first-order valence-corrected chi connectivity index (χ1v) is 6.27. The molecule has 0 aromatic rings. The van der Waals surface area contributed by atoms with Crippen LogP contribution >= 0.6 is 0 Å². The first-order valence-electron chi connectivity index (χ1n) is 6.27. The molecule has 0 aromatic heterocycles. The van der Waals surface area contributed by atoms with Crippen LogP contribution in [-0.2, 0) is 9.53 Å². The largest absolute Gasteiger partial charge is 0.446 e. The van der Waals surface area contributed by atoms with Gasteiger partial charge in [-0.25, -0.2) is 0 Å². The van der Waals surface area contributed by atoms with Gasteiger partial charge in [-0.2, -0.15) is 0 Å². The van der Waals surface area contributed by atoms with Gasteiger partial charge in [0.05, 0.1) is 6.54 Å². The van der Waals surface area contributed by atoms with E-state index in [2.05, 4.69) is 30.6 Å². The first kappa shape index (κ1) is 16.0. The maximum Gasteiger partial charge on any atom is 0.304 e. The van der Waals surface area contributed by atoms with Gasteiger partial charge in [0.25, 0.3) is 0 Å². The van der Waals surface area contributed by atoms with Crippen molar-refractivity contribution in [2.24, 2.45) is 5.92 Å². The highest BCUT2D eigenvalue weighted by molar-refractivity contribution is 5.67. The van der Waals surface area contributed by atoms with Crippen LogP contribution in [0.3, 0.4) is 0 Å². The number of ether oxygens (including phenoxy) is 1. The topological polar surface area (TPSA) is 29.5 Å². The number of carbonyl (C=O) groups excluding carboxylic acids is 1. The Morgan fingerprint density at radius 3 is 2.24 bits per heavy atom. The van der Waals surface area contributed by atoms with Gasteiger partial charge in [0.15, 0.2) is 5.60 Å². The molecule has 0 N–H and O–H groups in total. The molecule has 0 fully saturated rings. The zero-order valence-corrected chi connectivity index (χ0v) is 12.0. The van der Waals surface area contributed by atoms with Gasteiger partial charge in [-0.3, -0.25) is 9.69 Å². The van der Waals surface area contributed by atoms with E-state index < -0.39 is 5.60 Å². The number of esters is 1. The molecule has 3 heteroatoms. The quantitative estimate of drug-likeness (QED) is 0.544. The molecule has 0 unspecified atom stereocenters. The van der Waals surface area contributed by atoms with Crippen LogP contribution in [0.5, 0.6) is 0 Å². The second-order valence-corrected chi connectivity index (χ2v) is 4.62. The SMILES string of the molecule is CCN(CC)CC#C[C@@](C)(OC(C)=O)C(C)C. The Kier molecular flexibility index (Phi) is 6.91. The van der Waals surface area contributed by atoms with Crippen molar-refractivity contribution in [3.05, 3.63) is 0 Å². The molecule has 0 amide bonds. The van der Waals surface area contributed by atoms with Crippen LogP contribution < -0.4 is 0 Å². The van der Waals surface area contributed by atoms with Crippen molar-refractivity contribution >= 4 is 5.97 Å². The molecule has 98 valence electrons. The van der Waals surface area contributed by atoms with E-state index in [0.29, 0.717) is 0 Å². The van der Waals surface area contributed by atoms with Crippen LogP contribution in [0.15, 0.2) is 0 Å². The van der Waals surface area contributed by atoms with Crippen molar-refractivity contribution in [2.45, 2.75) is 47.1 Å². The summed E-state index contributed by atoms with van der Waals surface area (Å²) < 4.78 is 5.32. The summed E-state index contributed by atoms with van der Waals surface area (Å²) in [5.74, 6) is 6.10. The lowest BCUT2D eigenvalue weighted by Crippen LogP contribution is -2.35. The number of carbonyl (C=O) groups is 1. The maximum atomic E-state index is 11.1. The minimum atomic E-state index is -0.682.